The van der Waals surface area contributed by atoms with Gasteiger partial charge in [-0.1, -0.05) is 13.8 Å². The quantitative estimate of drug-likeness (QED) is 0.644. The molecule has 1 saturated heterocycles. The maximum absolute atomic E-state index is 12.4. The summed E-state index contributed by atoms with van der Waals surface area (Å²) in [6.07, 6.45) is 4.24. The maximum Gasteiger partial charge on any atom is 0.251 e. The molecule has 0 aliphatic carbocycles. The van der Waals surface area contributed by atoms with Gasteiger partial charge in [0.2, 0.25) is 0 Å². The van der Waals surface area contributed by atoms with Crippen LogP contribution in [0.1, 0.15) is 33.1 Å². The van der Waals surface area contributed by atoms with Crippen molar-refractivity contribution in [1.29, 1.82) is 0 Å². The van der Waals surface area contributed by atoms with Crippen LogP contribution in [0.15, 0.2) is 53.5 Å². The fraction of sp³-hybridized carbons (Fsp3) is 0.417. The highest BCUT2D eigenvalue weighted by atomic mass is 16.3. The largest absolute Gasteiger partial charge is 0.393 e. The van der Waals surface area contributed by atoms with E-state index in [1.165, 1.54) is 5.69 Å². The second kappa shape index (κ2) is 8.88. The number of hydrogen-bond donors (Lipinski definition) is 2. The van der Waals surface area contributed by atoms with Crippen LogP contribution in [0.3, 0.4) is 0 Å². The Morgan fingerprint density at radius 2 is 1.87 bits per heavy atom. The number of benzene rings is 1. The minimum atomic E-state index is -0.167. The van der Waals surface area contributed by atoms with E-state index in [2.05, 4.69) is 41.2 Å². The predicted octanol–water partition coefficient (Wildman–Crippen LogP) is 4.15. The topological polar surface area (TPSA) is 70.4 Å². The molecule has 2 N–H and O–H groups in total. The third kappa shape index (κ3) is 4.65. The fourth-order valence-corrected chi connectivity index (χ4v) is 3.90. The Kier molecular flexibility index (Phi) is 6.04. The number of fused-ring (bicyclic) bond motifs is 1. The van der Waals surface area contributed by atoms with Crippen LogP contribution < -0.4 is 15.8 Å². The standard InChI is InChI=1S/C24H30N4O2/c1-17(2)9-14-28-22-15-23(25-16-18(22)3-8-24(28)30)26-19-4-6-20(7-5-19)27-12-10-21(29)11-13-27/h3-8,15-17,21,29H,9-14H2,1-2H3,(H,25,26). The number of aryl methyl sites for hydroxylation is 1. The summed E-state index contributed by atoms with van der Waals surface area (Å²) in [7, 11) is 0. The van der Waals surface area contributed by atoms with Gasteiger partial charge < -0.3 is 19.9 Å². The predicted molar refractivity (Wildman–Crippen MR) is 123 cm³/mol. The molecule has 0 radical (unpaired) electrons. The molecule has 1 aromatic carbocycles. The van der Waals surface area contributed by atoms with E-state index >= 15 is 0 Å². The molecular weight excluding hydrogens is 376 g/mol. The van der Waals surface area contributed by atoms with Crippen LogP contribution >= 0.6 is 0 Å². The number of rotatable bonds is 6. The van der Waals surface area contributed by atoms with E-state index in [0.29, 0.717) is 12.5 Å². The molecule has 0 saturated carbocycles. The summed E-state index contributed by atoms with van der Waals surface area (Å²) in [5.74, 6) is 1.26. The molecule has 6 heteroatoms. The van der Waals surface area contributed by atoms with E-state index in [4.69, 9.17) is 0 Å². The van der Waals surface area contributed by atoms with Crippen molar-refractivity contribution in [2.45, 2.75) is 45.8 Å². The molecule has 1 aliphatic rings. The number of nitrogens with zero attached hydrogens (tertiary/aromatic N) is 3. The molecule has 3 aromatic rings. The first-order valence-electron chi connectivity index (χ1n) is 10.8. The average molecular weight is 407 g/mol. The zero-order valence-electron chi connectivity index (χ0n) is 17.7. The average Bonchev–Trinajstić information content (AvgIpc) is 2.74. The van der Waals surface area contributed by atoms with Gasteiger partial charge in [0, 0.05) is 54.7 Å². The molecule has 0 spiro atoms. The molecule has 0 atom stereocenters. The highest BCUT2D eigenvalue weighted by Gasteiger charge is 2.17. The Bertz CT molecular complexity index is 1050. The smallest absolute Gasteiger partial charge is 0.251 e. The first-order chi connectivity index (χ1) is 14.5. The van der Waals surface area contributed by atoms with Crippen molar-refractivity contribution in [2.24, 2.45) is 5.92 Å². The van der Waals surface area contributed by atoms with Gasteiger partial charge in [-0.3, -0.25) is 4.79 Å². The summed E-state index contributed by atoms with van der Waals surface area (Å²) in [5.41, 5.74) is 3.05. The molecule has 3 heterocycles. The van der Waals surface area contributed by atoms with Gasteiger partial charge in [0.05, 0.1) is 11.6 Å². The number of aliphatic hydroxyl groups is 1. The van der Waals surface area contributed by atoms with Gasteiger partial charge >= 0.3 is 0 Å². The molecule has 2 aromatic heterocycles. The zero-order valence-corrected chi connectivity index (χ0v) is 17.7. The number of hydrogen-bond acceptors (Lipinski definition) is 5. The van der Waals surface area contributed by atoms with E-state index in [0.717, 1.165) is 54.8 Å². The van der Waals surface area contributed by atoms with Crippen molar-refractivity contribution >= 4 is 28.1 Å². The Hall–Kier alpha value is -2.86. The van der Waals surface area contributed by atoms with Crippen molar-refractivity contribution in [3.63, 3.8) is 0 Å². The summed E-state index contributed by atoms with van der Waals surface area (Å²) >= 11 is 0. The lowest BCUT2D eigenvalue weighted by atomic mass is 10.1. The first-order valence-corrected chi connectivity index (χ1v) is 10.8. The SMILES string of the molecule is CC(C)CCn1c(=O)ccc2cnc(Nc3ccc(N4CCC(O)CC4)cc3)cc21. The molecule has 30 heavy (non-hydrogen) atoms. The Labute approximate surface area is 177 Å². The van der Waals surface area contributed by atoms with Crippen molar-refractivity contribution in [1.82, 2.24) is 9.55 Å². The van der Waals surface area contributed by atoms with Crippen LogP contribution in [0.5, 0.6) is 0 Å². The number of pyridine rings is 2. The third-order valence-electron chi connectivity index (χ3n) is 5.77. The number of piperidine rings is 1. The Morgan fingerprint density at radius 1 is 1.13 bits per heavy atom. The van der Waals surface area contributed by atoms with Crippen LogP contribution in [0.4, 0.5) is 17.2 Å². The number of nitrogens with one attached hydrogen (secondary N) is 1. The van der Waals surface area contributed by atoms with Crippen molar-refractivity contribution in [3.8, 4) is 0 Å². The summed E-state index contributed by atoms with van der Waals surface area (Å²) in [6.45, 7) is 6.81. The maximum atomic E-state index is 12.4. The Balaban J connectivity index is 1.53. The van der Waals surface area contributed by atoms with Gasteiger partial charge in [0.1, 0.15) is 5.82 Å². The Morgan fingerprint density at radius 3 is 2.57 bits per heavy atom. The minimum Gasteiger partial charge on any atom is -0.393 e. The van der Waals surface area contributed by atoms with Gasteiger partial charge in [0.25, 0.3) is 5.56 Å². The summed E-state index contributed by atoms with van der Waals surface area (Å²) in [4.78, 5) is 19.3. The highest BCUT2D eigenvalue weighted by Crippen LogP contribution is 2.24. The van der Waals surface area contributed by atoms with Crippen LogP contribution in [0.2, 0.25) is 0 Å². The van der Waals surface area contributed by atoms with Crippen molar-refractivity contribution in [2.75, 3.05) is 23.3 Å². The summed E-state index contributed by atoms with van der Waals surface area (Å²) in [6, 6.07) is 13.7. The normalized spacial score (nSPS) is 15.1. The molecule has 0 amide bonds. The van der Waals surface area contributed by atoms with Gasteiger partial charge in [-0.25, -0.2) is 4.98 Å². The van der Waals surface area contributed by atoms with E-state index < -0.39 is 0 Å². The molecule has 158 valence electrons. The second-order valence-electron chi connectivity index (χ2n) is 8.52. The van der Waals surface area contributed by atoms with E-state index in [9.17, 15) is 9.90 Å². The van der Waals surface area contributed by atoms with E-state index in [1.807, 2.05) is 35.0 Å². The lowest BCUT2D eigenvalue weighted by Crippen LogP contribution is -2.35. The molecule has 1 aliphatic heterocycles. The highest BCUT2D eigenvalue weighted by molar-refractivity contribution is 5.81. The molecule has 1 fully saturated rings. The van der Waals surface area contributed by atoms with Crippen LogP contribution in [-0.2, 0) is 6.54 Å². The van der Waals surface area contributed by atoms with Crippen molar-refractivity contribution in [3.05, 3.63) is 59.0 Å². The van der Waals surface area contributed by atoms with E-state index in [1.54, 1.807) is 6.07 Å². The molecular formula is C24H30N4O2. The van der Waals surface area contributed by atoms with Crippen LogP contribution in [-0.4, -0.2) is 33.9 Å². The lowest BCUT2D eigenvalue weighted by Gasteiger charge is -2.31. The van der Waals surface area contributed by atoms with Crippen molar-refractivity contribution < 1.29 is 5.11 Å². The van der Waals surface area contributed by atoms with Crippen LogP contribution in [0, 0.1) is 5.92 Å². The monoisotopic (exact) mass is 406 g/mol. The summed E-state index contributed by atoms with van der Waals surface area (Å²) in [5, 5.41) is 14.0. The molecule has 4 rings (SSSR count). The fourth-order valence-electron chi connectivity index (χ4n) is 3.90. The number of anilines is 3. The number of aliphatic hydroxyl groups excluding tert-OH is 1. The third-order valence-corrected chi connectivity index (χ3v) is 5.77. The van der Waals surface area contributed by atoms with Gasteiger partial charge in [-0.2, -0.15) is 0 Å². The van der Waals surface area contributed by atoms with Gasteiger partial charge in [-0.15, -0.1) is 0 Å². The van der Waals surface area contributed by atoms with Gasteiger partial charge in [0.15, 0.2) is 0 Å². The summed E-state index contributed by atoms with van der Waals surface area (Å²) < 4.78 is 1.84. The molecule has 6 nitrogen and oxygen atoms in total. The second-order valence-corrected chi connectivity index (χ2v) is 8.52. The van der Waals surface area contributed by atoms with E-state index in [-0.39, 0.29) is 11.7 Å². The van der Waals surface area contributed by atoms with Gasteiger partial charge in [-0.05, 0) is 55.5 Å². The lowest BCUT2D eigenvalue weighted by molar-refractivity contribution is 0.145. The first kappa shape index (κ1) is 20.4. The molecule has 0 unspecified atom stereocenters. The van der Waals surface area contributed by atoms with Crippen LogP contribution in [0.25, 0.3) is 10.9 Å². The minimum absolute atomic E-state index is 0.0244. The molecule has 0 bridgehead atoms. The zero-order chi connectivity index (χ0) is 21.1. The number of aromatic nitrogens is 2.